The zero-order chi connectivity index (χ0) is 17.1. The Labute approximate surface area is 142 Å². The number of carbonyl (C=O) groups is 1. The van der Waals surface area contributed by atoms with Gasteiger partial charge in [0, 0.05) is 10.7 Å². The van der Waals surface area contributed by atoms with Crippen molar-refractivity contribution in [3.05, 3.63) is 57.3 Å². The fourth-order valence-electron chi connectivity index (χ4n) is 2.48. The predicted octanol–water partition coefficient (Wildman–Crippen LogP) is 4.68. The number of benzene rings is 1. The first kappa shape index (κ1) is 17.5. The van der Waals surface area contributed by atoms with E-state index < -0.39 is 18.9 Å². The summed E-state index contributed by atoms with van der Waals surface area (Å²) in [6.45, 7) is 4.77. The van der Waals surface area contributed by atoms with Crippen molar-refractivity contribution in [3.63, 3.8) is 0 Å². The number of amides is 1. The molecule has 0 N–H and O–H groups in total. The molecule has 6 heteroatoms. The van der Waals surface area contributed by atoms with Crippen LogP contribution in [0.4, 0.5) is 14.5 Å². The number of hydrogen-bond donors (Lipinski definition) is 0. The Bertz CT molecular complexity index is 694. The van der Waals surface area contributed by atoms with Crippen molar-refractivity contribution in [3.8, 4) is 0 Å². The van der Waals surface area contributed by atoms with Crippen LogP contribution >= 0.6 is 15.9 Å². The van der Waals surface area contributed by atoms with Crippen LogP contribution in [0.5, 0.6) is 0 Å². The van der Waals surface area contributed by atoms with Gasteiger partial charge in [0.1, 0.15) is 5.69 Å². The van der Waals surface area contributed by atoms with E-state index >= 15 is 0 Å². The van der Waals surface area contributed by atoms with E-state index in [0.29, 0.717) is 5.69 Å². The van der Waals surface area contributed by atoms with Gasteiger partial charge in [-0.25, -0.2) is 8.78 Å². The number of rotatable bonds is 4. The maximum absolute atomic E-state index is 13.0. The van der Waals surface area contributed by atoms with Gasteiger partial charge >= 0.3 is 0 Å². The molecule has 0 saturated heterocycles. The van der Waals surface area contributed by atoms with Gasteiger partial charge in [-0.3, -0.25) is 9.78 Å². The smallest absolute Gasteiger partial charge is 0.277 e. The molecule has 0 atom stereocenters. The highest BCUT2D eigenvalue weighted by Gasteiger charge is 2.25. The van der Waals surface area contributed by atoms with Crippen molar-refractivity contribution in [2.75, 3.05) is 11.4 Å². The third-order valence-corrected chi connectivity index (χ3v) is 3.88. The molecule has 23 heavy (non-hydrogen) atoms. The lowest BCUT2D eigenvalue weighted by Crippen LogP contribution is -2.36. The molecule has 0 unspecified atom stereocenters. The van der Waals surface area contributed by atoms with Crippen LogP contribution in [0.3, 0.4) is 0 Å². The maximum atomic E-state index is 13.0. The Hall–Kier alpha value is -1.82. The normalized spacial score (nSPS) is 10.9. The standard InChI is InChI=1S/C17H17BrF2N2O/c1-10-4-5-14(21-8-10)17(23)22(9-15(19)20)16-11(2)6-13(18)7-12(16)3/h4-8,15H,9H2,1-3H3. The minimum atomic E-state index is -2.63. The lowest BCUT2D eigenvalue weighted by atomic mass is 10.1. The number of aryl methyl sites for hydroxylation is 3. The zero-order valence-corrected chi connectivity index (χ0v) is 14.7. The zero-order valence-electron chi connectivity index (χ0n) is 13.1. The molecule has 0 aliphatic carbocycles. The molecule has 0 bridgehead atoms. The SMILES string of the molecule is Cc1ccc(C(=O)N(CC(F)F)c2c(C)cc(Br)cc2C)nc1. The number of alkyl halides is 2. The Morgan fingerprint density at radius 2 is 1.83 bits per heavy atom. The Morgan fingerprint density at radius 1 is 1.22 bits per heavy atom. The third-order valence-electron chi connectivity index (χ3n) is 3.42. The number of pyridine rings is 1. The van der Waals surface area contributed by atoms with E-state index in [4.69, 9.17) is 0 Å². The number of nitrogens with zero attached hydrogens (tertiary/aromatic N) is 2. The average molecular weight is 383 g/mol. The summed E-state index contributed by atoms with van der Waals surface area (Å²) in [6, 6.07) is 6.90. The summed E-state index contributed by atoms with van der Waals surface area (Å²) in [5.74, 6) is -0.529. The van der Waals surface area contributed by atoms with Crippen LogP contribution in [0.1, 0.15) is 27.2 Å². The second-order valence-electron chi connectivity index (χ2n) is 5.42. The fraction of sp³-hybridized carbons (Fsp3) is 0.294. The van der Waals surface area contributed by atoms with Crippen LogP contribution in [0.15, 0.2) is 34.9 Å². The molecule has 0 spiro atoms. The molecule has 1 aromatic carbocycles. The Balaban J connectivity index is 2.49. The van der Waals surface area contributed by atoms with Crippen molar-refractivity contribution in [1.82, 2.24) is 4.98 Å². The quantitative estimate of drug-likeness (QED) is 0.768. The number of anilines is 1. The van der Waals surface area contributed by atoms with Gasteiger partial charge in [-0.15, -0.1) is 0 Å². The summed E-state index contributed by atoms with van der Waals surface area (Å²) in [6.07, 6.45) is -1.08. The van der Waals surface area contributed by atoms with Gasteiger partial charge in [-0.1, -0.05) is 22.0 Å². The maximum Gasteiger partial charge on any atom is 0.277 e. The first-order valence-corrected chi connectivity index (χ1v) is 7.88. The highest BCUT2D eigenvalue weighted by Crippen LogP contribution is 2.30. The lowest BCUT2D eigenvalue weighted by molar-refractivity contribution is 0.0940. The van der Waals surface area contributed by atoms with Gasteiger partial charge < -0.3 is 4.90 Å². The van der Waals surface area contributed by atoms with Crippen LogP contribution in [0.25, 0.3) is 0 Å². The fourth-order valence-corrected chi connectivity index (χ4v) is 3.16. The molecular weight excluding hydrogens is 366 g/mol. The molecule has 0 fully saturated rings. The van der Waals surface area contributed by atoms with Crippen LogP contribution in [-0.4, -0.2) is 23.9 Å². The number of hydrogen-bond acceptors (Lipinski definition) is 2. The van der Waals surface area contributed by atoms with Gasteiger partial charge in [0.25, 0.3) is 12.3 Å². The van der Waals surface area contributed by atoms with E-state index in [1.165, 1.54) is 0 Å². The number of carbonyl (C=O) groups excluding carboxylic acids is 1. The Morgan fingerprint density at radius 3 is 2.30 bits per heavy atom. The van der Waals surface area contributed by atoms with E-state index in [1.54, 1.807) is 44.3 Å². The van der Waals surface area contributed by atoms with E-state index in [9.17, 15) is 13.6 Å². The van der Waals surface area contributed by atoms with Gasteiger partial charge in [-0.05, 0) is 55.7 Å². The highest BCUT2D eigenvalue weighted by molar-refractivity contribution is 9.10. The van der Waals surface area contributed by atoms with E-state index in [0.717, 1.165) is 26.1 Å². The van der Waals surface area contributed by atoms with Crippen molar-refractivity contribution in [1.29, 1.82) is 0 Å². The molecule has 2 aromatic rings. The monoisotopic (exact) mass is 382 g/mol. The molecule has 0 aliphatic heterocycles. The summed E-state index contributed by atoms with van der Waals surface area (Å²) in [4.78, 5) is 17.9. The molecule has 2 rings (SSSR count). The van der Waals surface area contributed by atoms with Crippen LogP contribution in [0.2, 0.25) is 0 Å². The minimum Gasteiger partial charge on any atom is -0.301 e. The van der Waals surface area contributed by atoms with Crippen molar-refractivity contribution < 1.29 is 13.6 Å². The molecule has 122 valence electrons. The first-order valence-electron chi connectivity index (χ1n) is 7.09. The van der Waals surface area contributed by atoms with Gasteiger partial charge in [-0.2, -0.15) is 0 Å². The van der Waals surface area contributed by atoms with E-state index in [-0.39, 0.29) is 5.69 Å². The molecule has 0 saturated carbocycles. The molecule has 3 nitrogen and oxygen atoms in total. The molecule has 1 heterocycles. The molecule has 1 aromatic heterocycles. The van der Waals surface area contributed by atoms with E-state index in [2.05, 4.69) is 20.9 Å². The third kappa shape index (κ3) is 4.13. The van der Waals surface area contributed by atoms with Crippen molar-refractivity contribution in [2.24, 2.45) is 0 Å². The summed E-state index contributed by atoms with van der Waals surface area (Å²) in [5.41, 5.74) is 3.05. The molecule has 0 radical (unpaired) electrons. The number of halogens is 3. The topological polar surface area (TPSA) is 33.2 Å². The van der Waals surface area contributed by atoms with Crippen molar-refractivity contribution >= 4 is 27.5 Å². The summed E-state index contributed by atoms with van der Waals surface area (Å²) in [7, 11) is 0. The molecule has 0 aliphatic rings. The number of aromatic nitrogens is 1. The molecular formula is C17H17BrF2N2O. The van der Waals surface area contributed by atoms with Gasteiger partial charge in [0.2, 0.25) is 0 Å². The van der Waals surface area contributed by atoms with Crippen LogP contribution < -0.4 is 4.90 Å². The van der Waals surface area contributed by atoms with Gasteiger partial charge in [0.05, 0.1) is 12.2 Å². The summed E-state index contributed by atoms with van der Waals surface area (Å²) in [5, 5.41) is 0. The Kier molecular flexibility index (Phi) is 5.46. The predicted molar refractivity (Wildman–Crippen MR) is 90.3 cm³/mol. The second-order valence-corrected chi connectivity index (χ2v) is 6.33. The largest absolute Gasteiger partial charge is 0.301 e. The highest BCUT2D eigenvalue weighted by atomic mass is 79.9. The molecule has 1 amide bonds. The lowest BCUT2D eigenvalue weighted by Gasteiger charge is -2.26. The van der Waals surface area contributed by atoms with Crippen molar-refractivity contribution in [2.45, 2.75) is 27.2 Å². The minimum absolute atomic E-state index is 0.151. The summed E-state index contributed by atoms with van der Waals surface area (Å²) >= 11 is 3.37. The average Bonchev–Trinajstić information content (AvgIpc) is 2.45. The second kappa shape index (κ2) is 7.17. The van der Waals surface area contributed by atoms with Crippen LogP contribution in [-0.2, 0) is 0 Å². The van der Waals surface area contributed by atoms with Crippen LogP contribution in [0, 0.1) is 20.8 Å². The first-order chi connectivity index (χ1) is 10.8. The van der Waals surface area contributed by atoms with Gasteiger partial charge in [0.15, 0.2) is 0 Å². The summed E-state index contributed by atoms with van der Waals surface area (Å²) < 4.78 is 26.9. The van der Waals surface area contributed by atoms with E-state index in [1.807, 2.05) is 6.92 Å².